The van der Waals surface area contributed by atoms with Crippen molar-refractivity contribution in [3.8, 4) is 0 Å². The highest BCUT2D eigenvalue weighted by molar-refractivity contribution is 6.12. The fourth-order valence-electron chi connectivity index (χ4n) is 2.55. The number of carbonyl (C=O) groups excluding carboxylic acids is 1. The number of rotatable bonds is 4. The van der Waals surface area contributed by atoms with Gasteiger partial charge in [0.2, 0.25) is 0 Å². The largest absolute Gasteiger partial charge is 0.322 e. The number of carbonyl (C=O) groups is 1. The number of fused-ring (bicyclic) bond motifs is 1. The van der Waals surface area contributed by atoms with Gasteiger partial charge in [0.05, 0.1) is 5.56 Å². The maximum absolute atomic E-state index is 12.6. The number of pyridine rings is 1. The number of anilines is 1. The SMILES string of the molecule is CCc1ccccc1NC(=O)c1ccc2cccnc2c1N=O. The van der Waals surface area contributed by atoms with Crippen LogP contribution in [0.15, 0.2) is 59.9 Å². The number of nitrogens with one attached hydrogen (secondary N) is 1. The number of amides is 1. The first-order valence-electron chi connectivity index (χ1n) is 7.35. The van der Waals surface area contributed by atoms with E-state index in [1.807, 2.05) is 37.3 Å². The third kappa shape index (κ3) is 2.81. The average Bonchev–Trinajstić information content (AvgIpc) is 2.61. The summed E-state index contributed by atoms with van der Waals surface area (Å²) in [6.45, 7) is 2.02. The van der Waals surface area contributed by atoms with Crippen molar-refractivity contribution in [3.63, 3.8) is 0 Å². The van der Waals surface area contributed by atoms with E-state index in [0.717, 1.165) is 23.1 Å². The van der Waals surface area contributed by atoms with E-state index in [4.69, 9.17) is 0 Å². The van der Waals surface area contributed by atoms with Gasteiger partial charge in [-0.05, 0) is 35.4 Å². The van der Waals surface area contributed by atoms with E-state index in [1.165, 1.54) is 0 Å². The van der Waals surface area contributed by atoms with Crippen LogP contribution in [0.3, 0.4) is 0 Å². The number of aromatic nitrogens is 1. The molecule has 5 heteroatoms. The van der Waals surface area contributed by atoms with Gasteiger partial charge in [0.15, 0.2) is 0 Å². The molecule has 23 heavy (non-hydrogen) atoms. The first-order chi connectivity index (χ1) is 11.2. The van der Waals surface area contributed by atoms with E-state index in [1.54, 1.807) is 24.4 Å². The van der Waals surface area contributed by atoms with Gasteiger partial charge in [0.1, 0.15) is 11.2 Å². The number of hydrogen-bond donors (Lipinski definition) is 1. The van der Waals surface area contributed by atoms with Crippen LogP contribution in [0.2, 0.25) is 0 Å². The highest BCUT2D eigenvalue weighted by Crippen LogP contribution is 2.29. The van der Waals surface area contributed by atoms with E-state index in [9.17, 15) is 9.70 Å². The Morgan fingerprint density at radius 2 is 1.96 bits per heavy atom. The average molecular weight is 305 g/mol. The highest BCUT2D eigenvalue weighted by Gasteiger charge is 2.17. The summed E-state index contributed by atoms with van der Waals surface area (Å²) in [5.74, 6) is -0.368. The zero-order chi connectivity index (χ0) is 16.2. The molecule has 0 unspecified atom stereocenters. The van der Waals surface area contributed by atoms with Gasteiger partial charge in [-0.3, -0.25) is 9.78 Å². The molecule has 0 saturated carbocycles. The molecule has 0 radical (unpaired) electrons. The lowest BCUT2D eigenvalue weighted by Crippen LogP contribution is -2.13. The Morgan fingerprint density at radius 3 is 2.74 bits per heavy atom. The van der Waals surface area contributed by atoms with Crippen molar-refractivity contribution in [2.45, 2.75) is 13.3 Å². The lowest BCUT2D eigenvalue weighted by Gasteiger charge is -2.11. The molecule has 0 saturated heterocycles. The summed E-state index contributed by atoms with van der Waals surface area (Å²) in [6.07, 6.45) is 2.37. The molecule has 0 aliphatic carbocycles. The Kier molecular flexibility index (Phi) is 4.10. The van der Waals surface area contributed by atoms with Gasteiger partial charge >= 0.3 is 0 Å². The second kappa shape index (κ2) is 6.36. The van der Waals surface area contributed by atoms with Crippen molar-refractivity contribution in [2.75, 3.05) is 5.32 Å². The molecule has 0 spiro atoms. The van der Waals surface area contributed by atoms with Gasteiger partial charge in [0.25, 0.3) is 5.91 Å². The number of aryl methyl sites for hydroxylation is 1. The van der Waals surface area contributed by atoms with Crippen LogP contribution in [-0.2, 0) is 6.42 Å². The van der Waals surface area contributed by atoms with Crippen LogP contribution in [0.25, 0.3) is 10.9 Å². The summed E-state index contributed by atoms with van der Waals surface area (Å²) in [7, 11) is 0. The number of benzene rings is 2. The van der Waals surface area contributed by atoms with Crippen LogP contribution in [-0.4, -0.2) is 10.9 Å². The lowest BCUT2D eigenvalue weighted by atomic mass is 10.1. The molecule has 1 amide bonds. The third-order valence-corrected chi connectivity index (χ3v) is 3.73. The summed E-state index contributed by atoms with van der Waals surface area (Å²) >= 11 is 0. The maximum atomic E-state index is 12.6. The van der Waals surface area contributed by atoms with Gasteiger partial charge in [0, 0.05) is 17.3 Å². The molecule has 1 heterocycles. The molecule has 0 aliphatic rings. The van der Waals surface area contributed by atoms with E-state index < -0.39 is 0 Å². The lowest BCUT2D eigenvalue weighted by molar-refractivity contribution is 0.102. The molecule has 1 N–H and O–H groups in total. The number of nitroso groups, excluding NO2 is 1. The summed E-state index contributed by atoms with van der Waals surface area (Å²) in [5, 5.41) is 6.65. The molecule has 0 bridgehead atoms. The highest BCUT2D eigenvalue weighted by atomic mass is 16.3. The van der Waals surface area contributed by atoms with E-state index in [0.29, 0.717) is 5.52 Å². The smallest absolute Gasteiger partial charge is 0.258 e. The molecule has 0 fully saturated rings. The van der Waals surface area contributed by atoms with E-state index >= 15 is 0 Å². The van der Waals surface area contributed by atoms with Crippen molar-refractivity contribution < 1.29 is 4.79 Å². The fourth-order valence-corrected chi connectivity index (χ4v) is 2.55. The summed E-state index contributed by atoms with van der Waals surface area (Å²) in [6, 6.07) is 14.5. The predicted molar refractivity (Wildman–Crippen MR) is 91.0 cm³/mol. The zero-order valence-electron chi connectivity index (χ0n) is 12.6. The zero-order valence-corrected chi connectivity index (χ0v) is 12.6. The van der Waals surface area contributed by atoms with E-state index in [2.05, 4.69) is 15.5 Å². The van der Waals surface area contributed by atoms with Crippen LogP contribution in [0.1, 0.15) is 22.8 Å². The van der Waals surface area contributed by atoms with Crippen molar-refractivity contribution in [2.24, 2.45) is 5.18 Å². The Balaban J connectivity index is 2.02. The minimum Gasteiger partial charge on any atom is -0.322 e. The second-order valence-electron chi connectivity index (χ2n) is 5.09. The molecule has 114 valence electrons. The molecule has 3 aromatic rings. The molecule has 5 nitrogen and oxygen atoms in total. The molecule has 1 aromatic heterocycles. The monoisotopic (exact) mass is 305 g/mol. The molecule has 3 rings (SSSR count). The number of para-hydroxylation sites is 1. The molecule has 0 aliphatic heterocycles. The topological polar surface area (TPSA) is 71.4 Å². The van der Waals surface area contributed by atoms with E-state index in [-0.39, 0.29) is 17.2 Å². The van der Waals surface area contributed by atoms with Gasteiger partial charge in [-0.1, -0.05) is 37.3 Å². The standard InChI is InChI=1S/C18H15N3O2/c1-2-12-6-3-4-8-15(12)20-18(22)14-10-9-13-7-5-11-19-16(13)17(14)21-23/h3-11H,2H2,1H3,(H,20,22). The van der Waals surface area contributed by atoms with Crippen LogP contribution in [0.4, 0.5) is 11.4 Å². The minimum absolute atomic E-state index is 0.0644. The van der Waals surface area contributed by atoms with Crippen molar-refractivity contribution in [1.29, 1.82) is 0 Å². The van der Waals surface area contributed by atoms with Gasteiger partial charge < -0.3 is 5.32 Å². The number of nitrogens with zero attached hydrogens (tertiary/aromatic N) is 2. The predicted octanol–water partition coefficient (Wildman–Crippen LogP) is 4.45. The third-order valence-electron chi connectivity index (χ3n) is 3.73. The van der Waals surface area contributed by atoms with Crippen LogP contribution in [0.5, 0.6) is 0 Å². The fraction of sp³-hybridized carbons (Fsp3) is 0.111. The van der Waals surface area contributed by atoms with Crippen molar-refractivity contribution in [3.05, 3.63) is 70.8 Å². The van der Waals surface area contributed by atoms with Crippen LogP contribution in [0, 0.1) is 4.91 Å². The summed E-state index contributed by atoms with van der Waals surface area (Å²) in [5.41, 5.74) is 2.48. The maximum Gasteiger partial charge on any atom is 0.258 e. The molecule has 2 aromatic carbocycles. The van der Waals surface area contributed by atoms with Crippen molar-refractivity contribution >= 4 is 28.2 Å². The van der Waals surface area contributed by atoms with Crippen molar-refractivity contribution in [1.82, 2.24) is 4.98 Å². The normalized spacial score (nSPS) is 10.5. The van der Waals surface area contributed by atoms with Crippen LogP contribution < -0.4 is 5.32 Å². The Bertz CT molecular complexity index is 890. The molecular formula is C18H15N3O2. The Hall–Kier alpha value is -3.08. The summed E-state index contributed by atoms with van der Waals surface area (Å²) < 4.78 is 0. The van der Waals surface area contributed by atoms with Gasteiger partial charge in [-0.15, -0.1) is 4.91 Å². The second-order valence-corrected chi connectivity index (χ2v) is 5.09. The first-order valence-corrected chi connectivity index (χ1v) is 7.35. The minimum atomic E-state index is -0.368. The Labute approximate surface area is 133 Å². The Morgan fingerprint density at radius 1 is 1.13 bits per heavy atom. The quantitative estimate of drug-likeness (QED) is 0.724. The summed E-state index contributed by atoms with van der Waals surface area (Å²) in [4.78, 5) is 28.0. The van der Waals surface area contributed by atoms with Crippen LogP contribution >= 0.6 is 0 Å². The molecular weight excluding hydrogens is 290 g/mol. The molecule has 0 atom stereocenters. The first kappa shape index (κ1) is 14.8. The van der Waals surface area contributed by atoms with Gasteiger partial charge in [-0.2, -0.15) is 0 Å². The van der Waals surface area contributed by atoms with Gasteiger partial charge in [-0.25, -0.2) is 0 Å². The number of hydrogen-bond acceptors (Lipinski definition) is 4.